The minimum absolute atomic E-state index is 0.289. The number of hydrogen-bond acceptors (Lipinski definition) is 2. The number of hydrogen-bond donors (Lipinski definition) is 1. The minimum Gasteiger partial charge on any atom is -0.496 e. The van der Waals surface area contributed by atoms with Crippen molar-refractivity contribution in [1.29, 1.82) is 0 Å². The Morgan fingerprint density at radius 1 is 1.43 bits per heavy atom. The zero-order valence-corrected chi connectivity index (χ0v) is 9.91. The van der Waals surface area contributed by atoms with Crippen LogP contribution in [0.2, 0.25) is 5.02 Å². The quantitative estimate of drug-likeness (QED) is 0.640. The van der Waals surface area contributed by atoms with E-state index in [0.29, 0.717) is 5.02 Å². The molecule has 1 aromatic rings. The molecular formula is C10H13Cl2NO. The van der Waals surface area contributed by atoms with Crippen molar-refractivity contribution in [3.05, 3.63) is 28.3 Å². The van der Waals surface area contributed by atoms with Gasteiger partial charge in [-0.25, -0.2) is 0 Å². The van der Waals surface area contributed by atoms with E-state index in [-0.39, 0.29) is 5.50 Å². The van der Waals surface area contributed by atoms with E-state index < -0.39 is 0 Å². The smallest absolute Gasteiger partial charge is 0.127 e. The molecule has 4 heteroatoms. The predicted molar refractivity (Wildman–Crippen MR) is 60.4 cm³/mol. The van der Waals surface area contributed by atoms with Gasteiger partial charge in [0.1, 0.15) is 11.3 Å². The maximum absolute atomic E-state index is 6.07. The highest BCUT2D eigenvalue weighted by Gasteiger charge is 2.14. The first kappa shape index (κ1) is 11.6. The van der Waals surface area contributed by atoms with Crippen molar-refractivity contribution in [2.75, 3.05) is 14.2 Å². The Bertz CT molecular complexity index is 328. The van der Waals surface area contributed by atoms with Crippen LogP contribution in [0.5, 0.6) is 5.75 Å². The highest BCUT2D eigenvalue weighted by atomic mass is 35.5. The van der Waals surface area contributed by atoms with Crippen LogP contribution in [0.4, 0.5) is 0 Å². The molecule has 0 fully saturated rings. The van der Waals surface area contributed by atoms with Gasteiger partial charge in [-0.15, -0.1) is 11.6 Å². The summed E-state index contributed by atoms with van der Waals surface area (Å²) in [5.74, 6) is 0.781. The molecule has 0 saturated carbocycles. The first-order valence-electron chi connectivity index (χ1n) is 4.25. The fourth-order valence-corrected chi connectivity index (χ4v) is 1.82. The molecule has 78 valence electrons. The number of rotatable bonds is 3. The number of ether oxygens (including phenoxy) is 1. The lowest BCUT2D eigenvalue weighted by Gasteiger charge is -2.15. The second-order valence-electron chi connectivity index (χ2n) is 3.00. The van der Waals surface area contributed by atoms with Gasteiger partial charge in [-0.1, -0.05) is 11.6 Å². The fourth-order valence-electron chi connectivity index (χ4n) is 1.38. The molecule has 0 bridgehead atoms. The summed E-state index contributed by atoms with van der Waals surface area (Å²) >= 11 is 12.0. The second-order valence-corrected chi connectivity index (χ2v) is 3.87. The van der Waals surface area contributed by atoms with E-state index in [1.165, 1.54) is 0 Å². The van der Waals surface area contributed by atoms with Gasteiger partial charge in [-0.3, -0.25) is 0 Å². The summed E-state index contributed by atoms with van der Waals surface area (Å²) in [4.78, 5) is 0. The van der Waals surface area contributed by atoms with Gasteiger partial charge in [0.15, 0.2) is 0 Å². The lowest BCUT2D eigenvalue weighted by Crippen LogP contribution is -2.11. The van der Waals surface area contributed by atoms with Crippen LogP contribution in [0.15, 0.2) is 12.1 Å². The molecule has 0 heterocycles. The average molecular weight is 234 g/mol. The highest BCUT2D eigenvalue weighted by molar-refractivity contribution is 6.31. The van der Waals surface area contributed by atoms with E-state index >= 15 is 0 Å². The van der Waals surface area contributed by atoms with Crippen molar-refractivity contribution in [1.82, 2.24) is 5.32 Å². The van der Waals surface area contributed by atoms with E-state index in [2.05, 4.69) is 5.32 Å². The van der Waals surface area contributed by atoms with Gasteiger partial charge < -0.3 is 10.1 Å². The van der Waals surface area contributed by atoms with Crippen molar-refractivity contribution < 1.29 is 4.74 Å². The van der Waals surface area contributed by atoms with Crippen molar-refractivity contribution >= 4 is 23.2 Å². The molecule has 14 heavy (non-hydrogen) atoms. The van der Waals surface area contributed by atoms with Crippen LogP contribution >= 0.6 is 23.2 Å². The SMILES string of the molecule is CNC(Cl)c1cc(Cl)cc(C)c1OC. The van der Waals surface area contributed by atoms with Crippen molar-refractivity contribution in [3.8, 4) is 5.75 Å². The van der Waals surface area contributed by atoms with E-state index in [1.807, 2.05) is 19.1 Å². The molecule has 0 aliphatic carbocycles. The van der Waals surface area contributed by atoms with Gasteiger partial charge in [-0.05, 0) is 31.7 Å². The third kappa shape index (κ3) is 2.32. The number of methoxy groups -OCH3 is 1. The van der Waals surface area contributed by atoms with Crippen LogP contribution in [0, 0.1) is 6.92 Å². The van der Waals surface area contributed by atoms with Crippen LogP contribution in [0.25, 0.3) is 0 Å². The van der Waals surface area contributed by atoms with Gasteiger partial charge in [0, 0.05) is 10.6 Å². The molecule has 1 unspecified atom stereocenters. The second kappa shape index (κ2) is 4.87. The zero-order valence-electron chi connectivity index (χ0n) is 8.40. The molecule has 0 spiro atoms. The van der Waals surface area contributed by atoms with E-state index in [0.717, 1.165) is 16.9 Å². The molecule has 0 radical (unpaired) electrons. The minimum atomic E-state index is -0.289. The summed E-state index contributed by atoms with van der Waals surface area (Å²) in [6.45, 7) is 1.94. The summed E-state index contributed by atoms with van der Waals surface area (Å²) in [7, 11) is 3.41. The Hall–Kier alpha value is -0.440. The lowest BCUT2D eigenvalue weighted by molar-refractivity contribution is 0.404. The number of halogens is 2. The Morgan fingerprint density at radius 3 is 2.57 bits per heavy atom. The first-order valence-corrected chi connectivity index (χ1v) is 5.07. The van der Waals surface area contributed by atoms with Gasteiger partial charge in [-0.2, -0.15) is 0 Å². The molecule has 1 aromatic carbocycles. The molecule has 1 N–H and O–H groups in total. The van der Waals surface area contributed by atoms with Gasteiger partial charge >= 0.3 is 0 Å². The average Bonchev–Trinajstić information content (AvgIpc) is 2.15. The molecule has 2 nitrogen and oxygen atoms in total. The molecule has 0 aliphatic rings. The van der Waals surface area contributed by atoms with Crippen molar-refractivity contribution in [2.45, 2.75) is 12.4 Å². The molecule has 1 rings (SSSR count). The maximum atomic E-state index is 6.07. The maximum Gasteiger partial charge on any atom is 0.127 e. The van der Waals surface area contributed by atoms with Crippen molar-refractivity contribution in [3.63, 3.8) is 0 Å². The van der Waals surface area contributed by atoms with Crippen LogP contribution in [0.3, 0.4) is 0 Å². The predicted octanol–water partition coefficient (Wildman–Crippen LogP) is 3.11. The van der Waals surface area contributed by atoms with Crippen LogP contribution < -0.4 is 10.1 Å². The molecule has 0 aromatic heterocycles. The fraction of sp³-hybridized carbons (Fsp3) is 0.400. The summed E-state index contributed by atoms with van der Waals surface area (Å²) < 4.78 is 5.27. The van der Waals surface area contributed by atoms with Crippen LogP contribution in [0.1, 0.15) is 16.6 Å². The zero-order chi connectivity index (χ0) is 10.7. The Morgan fingerprint density at radius 2 is 2.07 bits per heavy atom. The summed E-state index contributed by atoms with van der Waals surface area (Å²) in [6.07, 6.45) is 0. The third-order valence-corrected chi connectivity index (χ3v) is 2.67. The van der Waals surface area contributed by atoms with E-state index in [1.54, 1.807) is 14.2 Å². The summed E-state index contributed by atoms with van der Waals surface area (Å²) in [6, 6.07) is 3.66. The Labute approximate surface area is 94.2 Å². The van der Waals surface area contributed by atoms with Gasteiger partial charge in [0.2, 0.25) is 0 Å². The molecule has 1 atom stereocenters. The Balaban J connectivity index is 3.24. The first-order chi connectivity index (χ1) is 6.60. The molecule has 0 amide bonds. The Kier molecular flexibility index (Phi) is 4.05. The van der Waals surface area contributed by atoms with E-state index in [9.17, 15) is 0 Å². The summed E-state index contributed by atoms with van der Waals surface area (Å²) in [5.41, 5.74) is 1.56. The van der Waals surface area contributed by atoms with Gasteiger partial charge in [0.25, 0.3) is 0 Å². The molecule has 0 saturated heterocycles. The number of benzene rings is 1. The van der Waals surface area contributed by atoms with Crippen LogP contribution in [-0.4, -0.2) is 14.2 Å². The monoisotopic (exact) mass is 233 g/mol. The normalized spacial score (nSPS) is 12.6. The standard InChI is InChI=1S/C10H13Cl2NO/c1-6-4-7(11)5-8(9(6)14-3)10(12)13-2/h4-5,10,13H,1-3H3. The largest absolute Gasteiger partial charge is 0.496 e. The number of alkyl halides is 1. The van der Waals surface area contributed by atoms with Crippen molar-refractivity contribution in [2.24, 2.45) is 0 Å². The topological polar surface area (TPSA) is 21.3 Å². The van der Waals surface area contributed by atoms with Gasteiger partial charge in [0.05, 0.1) is 7.11 Å². The molecule has 0 aliphatic heterocycles. The number of nitrogens with one attached hydrogen (secondary N) is 1. The summed E-state index contributed by atoms with van der Waals surface area (Å²) in [5, 5.41) is 3.60. The highest BCUT2D eigenvalue weighted by Crippen LogP contribution is 2.33. The van der Waals surface area contributed by atoms with Crippen LogP contribution in [-0.2, 0) is 0 Å². The van der Waals surface area contributed by atoms with E-state index in [4.69, 9.17) is 27.9 Å². The third-order valence-electron chi connectivity index (χ3n) is 2.00. The lowest BCUT2D eigenvalue weighted by atomic mass is 10.1. The molecular weight excluding hydrogens is 221 g/mol. The number of aryl methyl sites for hydroxylation is 1.